The zero-order valence-electron chi connectivity index (χ0n) is 17.8. The predicted octanol–water partition coefficient (Wildman–Crippen LogP) is 3.49. The molecule has 0 bridgehead atoms. The number of anilines is 1. The highest BCUT2D eigenvalue weighted by molar-refractivity contribution is 6.43. The number of carbonyl (C=O) groups is 5. The lowest BCUT2D eigenvalue weighted by Crippen LogP contribution is -2.45. The zero-order valence-corrected chi connectivity index (χ0v) is 19.3. The van der Waals surface area contributed by atoms with E-state index in [1.54, 1.807) is 19.1 Å². The molecule has 0 fully saturated rings. The van der Waals surface area contributed by atoms with Crippen molar-refractivity contribution >= 4 is 58.6 Å². The van der Waals surface area contributed by atoms with Crippen molar-refractivity contribution < 1.29 is 28.7 Å². The molecule has 0 aromatic heterocycles. The first kappa shape index (κ1) is 24.2. The highest BCUT2D eigenvalue weighted by Gasteiger charge is 2.42. The normalized spacial score (nSPS) is 13.4. The number of hydrogen-bond acceptors (Lipinski definition) is 6. The van der Waals surface area contributed by atoms with Gasteiger partial charge in [-0.3, -0.25) is 24.6 Å². The molecule has 0 radical (unpaired) electrons. The molecule has 2 N–H and O–H groups in total. The molecule has 172 valence electrons. The molecule has 1 atom stereocenters. The Balaban J connectivity index is 1.56. The van der Waals surface area contributed by atoms with Crippen LogP contribution in [0.3, 0.4) is 0 Å². The Morgan fingerprint density at radius 2 is 1.58 bits per heavy atom. The van der Waals surface area contributed by atoms with E-state index in [1.807, 2.05) is 18.3 Å². The first-order valence-corrected chi connectivity index (χ1v) is 10.5. The number of carbonyl (C=O) groups excluding carboxylic acids is 5. The summed E-state index contributed by atoms with van der Waals surface area (Å²) in [5.74, 6) is -3.38. The number of fused-ring (bicyclic) bond motifs is 1. The molecule has 3 rings (SSSR count). The molecule has 0 saturated heterocycles. The number of nitrogens with zero attached hydrogens (tertiary/aromatic N) is 1. The number of nitrogens with one attached hydrogen (secondary N) is 2. The molecule has 1 aliphatic rings. The Morgan fingerprint density at radius 3 is 2.12 bits per heavy atom. The average Bonchev–Trinajstić information content (AvgIpc) is 2.97. The van der Waals surface area contributed by atoms with Gasteiger partial charge in [0, 0.05) is 5.69 Å². The van der Waals surface area contributed by atoms with Gasteiger partial charge in [-0.15, -0.1) is 0 Å². The quantitative estimate of drug-likeness (QED) is 0.487. The second-order valence-electron chi connectivity index (χ2n) is 7.40. The van der Waals surface area contributed by atoms with Crippen LogP contribution in [0.5, 0.6) is 0 Å². The Bertz CT molecular complexity index is 1160. The molecule has 33 heavy (non-hydrogen) atoms. The molecular weight excluding hydrogens is 473 g/mol. The first-order valence-electron chi connectivity index (χ1n) is 9.71. The lowest BCUT2D eigenvalue weighted by Gasteiger charge is -2.20. The Hall–Kier alpha value is -3.43. The van der Waals surface area contributed by atoms with Gasteiger partial charge in [0.05, 0.1) is 21.2 Å². The lowest BCUT2D eigenvalue weighted by molar-refractivity contribution is -0.151. The van der Waals surface area contributed by atoms with Gasteiger partial charge in [-0.05, 0) is 44.5 Å². The van der Waals surface area contributed by atoms with Gasteiger partial charge >= 0.3 is 12.0 Å². The highest BCUT2D eigenvalue weighted by Crippen LogP contribution is 2.32. The SMILES string of the molecule is Cc1ccc(NC(=O)NC(=O)COC(=O)C(C)N2C(=O)c3cc(Cl)c(Cl)cc3C2=O)c(C)c1. The van der Waals surface area contributed by atoms with E-state index in [4.69, 9.17) is 27.9 Å². The van der Waals surface area contributed by atoms with Crippen molar-refractivity contribution in [2.24, 2.45) is 0 Å². The number of imide groups is 2. The molecule has 9 nitrogen and oxygen atoms in total. The maximum absolute atomic E-state index is 12.6. The van der Waals surface area contributed by atoms with Gasteiger partial charge in [0.2, 0.25) is 0 Å². The van der Waals surface area contributed by atoms with Gasteiger partial charge in [0.1, 0.15) is 6.04 Å². The van der Waals surface area contributed by atoms with E-state index in [0.717, 1.165) is 11.1 Å². The molecule has 1 unspecified atom stereocenters. The third-order valence-electron chi connectivity index (χ3n) is 4.92. The van der Waals surface area contributed by atoms with Gasteiger partial charge in [-0.2, -0.15) is 0 Å². The van der Waals surface area contributed by atoms with E-state index < -0.39 is 42.4 Å². The van der Waals surface area contributed by atoms with E-state index in [0.29, 0.717) is 10.6 Å². The van der Waals surface area contributed by atoms with Crippen LogP contribution in [-0.4, -0.2) is 47.3 Å². The molecule has 2 aromatic carbocycles. The monoisotopic (exact) mass is 491 g/mol. The van der Waals surface area contributed by atoms with Gasteiger partial charge < -0.3 is 10.1 Å². The summed E-state index contributed by atoms with van der Waals surface area (Å²) in [4.78, 5) is 62.2. The van der Waals surface area contributed by atoms with Crippen LogP contribution in [0, 0.1) is 13.8 Å². The maximum Gasteiger partial charge on any atom is 0.329 e. The number of aryl methyl sites for hydroxylation is 2. The number of ether oxygens (including phenoxy) is 1. The fourth-order valence-corrected chi connectivity index (χ4v) is 3.56. The van der Waals surface area contributed by atoms with Gasteiger partial charge in [0.15, 0.2) is 6.61 Å². The lowest BCUT2D eigenvalue weighted by atomic mass is 10.1. The number of amides is 5. The van der Waals surface area contributed by atoms with E-state index in [9.17, 15) is 24.0 Å². The number of esters is 1. The van der Waals surface area contributed by atoms with Crippen LogP contribution < -0.4 is 10.6 Å². The minimum atomic E-state index is -1.33. The van der Waals surface area contributed by atoms with Gasteiger partial charge in [-0.25, -0.2) is 9.59 Å². The standard InChI is InChI=1S/C22H19Cl2N3O6/c1-10-4-5-17(11(2)6-10)25-22(32)26-18(28)9-33-21(31)12(3)27-19(29)13-7-15(23)16(24)8-14(13)20(27)30/h4-8,12H,9H2,1-3H3,(H2,25,26,28,32). The first-order chi connectivity index (χ1) is 15.5. The van der Waals surface area contributed by atoms with E-state index in [2.05, 4.69) is 5.32 Å². The summed E-state index contributed by atoms with van der Waals surface area (Å²) < 4.78 is 4.88. The van der Waals surface area contributed by atoms with Gasteiger partial charge in [0.25, 0.3) is 17.7 Å². The fourth-order valence-electron chi connectivity index (χ4n) is 3.24. The Morgan fingerprint density at radius 1 is 1.00 bits per heavy atom. The Kier molecular flexibility index (Phi) is 7.04. The smallest absolute Gasteiger partial charge is 0.329 e. The van der Waals surface area contributed by atoms with Crippen LogP contribution in [0.1, 0.15) is 38.8 Å². The van der Waals surface area contributed by atoms with Crippen molar-refractivity contribution in [1.29, 1.82) is 0 Å². The van der Waals surface area contributed by atoms with Crippen LogP contribution in [0.25, 0.3) is 0 Å². The summed E-state index contributed by atoms with van der Waals surface area (Å²) >= 11 is 11.8. The number of rotatable bonds is 5. The second kappa shape index (κ2) is 9.60. The highest BCUT2D eigenvalue weighted by atomic mass is 35.5. The molecule has 1 aliphatic heterocycles. The molecule has 0 spiro atoms. The summed E-state index contributed by atoms with van der Waals surface area (Å²) in [5, 5.41) is 4.73. The van der Waals surface area contributed by atoms with Crippen LogP contribution in [-0.2, 0) is 14.3 Å². The molecule has 2 aromatic rings. The van der Waals surface area contributed by atoms with Crippen molar-refractivity contribution in [2.45, 2.75) is 26.8 Å². The number of hydrogen-bond donors (Lipinski definition) is 2. The van der Waals surface area contributed by atoms with Crippen molar-refractivity contribution in [3.8, 4) is 0 Å². The third kappa shape index (κ3) is 5.15. The summed E-state index contributed by atoms with van der Waals surface area (Å²) in [7, 11) is 0. The second-order valence-corrected chi connectivity index (χ2v) is 8.21. The summed E-state index contributed by atoms with van der Waals surface area (Å²) in [6, 6.07) is 5.73. The minimum Gasteiger partial charge on any atom is -0.454 e. The van der Waals surface area contributed by atoms with E-state index >= 15 is 0 Å². The molecule has 0 saturated carbocycles. The number of halogens is 2. The van der Waals surface area contributed by atoms with Crippen LogP contribution >= 0.6 is 23.2 Å². The topological polar surface area (TPSA) is 122 Å². The predicted molar refractivity (Wildman–Crippen MR) is 120 cm³/mol. The van der Waals surface area contributed by atoms with Crippen LogP contribution in [0.2, 0.25) is 10.0 Å². The minimum absolute atomic E-state index is 0.00913. The Labute approximate surface area is 199 Å². The zero-order chi connectivity index (χ0) is 24.4. The molecule has 11 heteroatoms. The summed E-state index contributed by atoms with van der Waals surface area (Å²) in [6.07, 6.45) is 0. The van der Waals surface area contributed by atoms with E-state index in [-0.39, 0.29) is 21.2 Å². The van der Waals surface area contributed by atoms with Gasteiger partial charge in [-0.1, -0.05) is 40.9 Å². The molecular formula is C22H19Cl2N3O6. The average molecular weight is 492 g/mol. The summed E-state index contributed by atoms with van der Waals surface area (Å²) in [5.41, 5.74) is 2.35. The molecule has 0 aliphatic carbocycles. The molecule has 1 heterocycles. The van der Waals surface area contributed by atoms with E-state index in [1.165, 1.54) is 19.1 Å². The van der Waals surface area contributed by atoms with Crippen molar-refractivity contribution in [3.05, 3.63) is 62.6 Å². The number of benzene rings is 2. The molecule has 5 amide bonds. The van der Waals surface area contributed by atoms with Crippen molar-refractivity contribution in [2.75, 3.05) is 11.9 Å². The number of urea groups is 1. The van der Waals surface area contributed by atoms with Crippen LogP contribution in [0.15, 0.2) is 30.3 Å². The third-order valence-corrected chi connectivity index (χ3v) is 5.64. The fraction of sp³-hybridized carbons (Fsp3) is 0.227. The largest absolute Gasteiger partial charge is 0.454 e. The summed E-state index contributed by atoms with van der Waals surface area (Å²) in [6.45, 7) is 4.19. The maximum atomic E-state index is 12.6. The van der Waals surface area contributed by atoms with Crippen molar-refractivity contribution in [1.82, 2.24) is 10.2 Å². The van der Waals surface area contributed by atoms with Crippen molar-refractivity contribution in [3.63, 3.8) is 0 Å². The van der Waals surface area contributed by atoms with Crippen LogP contribution in [0.4, 0.5) is 10.5 Å².